The maximum absolute atomic E-state index is 13.0. The van der Waals surface area contributed by atoms with E-state index in [-0.39, 0.29) is 39.3 Å². The van der Waals surface area contributed by atoms with Crippen molar-refractivity contribution in [1.82, 2.24) is 14.8 Å². The lowest BCUT2D eigenvalue weighted by atomic mass is 9.39. The van der Waals surface area contributed by atoms with E-state index < -0.39 is 11.6 Å². The number of hydrogen-bond acceptors (Lipinski definition) is 6. The van der Waals surface area contributed by atoms with Crippen molar-refractivity contribution in [3.8, 4) is 11.1 Å². The van der Waals surface area contributed by atoms with Crippen molar-refractivity contribution in [2.24, 2.45) is 16.2 Å². The minimum absolute atomic E-state index is 0.0545. The van der Waals surface area contributed by atoms with Crippen molar-refractivity contribution in [3.05, 3.63) is 34.9 Å². The maximum Gasteiger partial charge on any atom is 0.358 e. The SMILES string of the molecule is Cc1c(-c2ccc(Cl)nc2C(=O)OC(C)(C)C)cnn1CC12CC3(C)CC(C)(C1)CC(OCCO)(C3)C2. The Morgan fingerprint density at radius 3 is 2.38 bits per heavy atom. The van der Waals surface area contributed by atoms with Crippen LogP contribution in [0, 0.1) is 23.2 Å². The number of esters is 1. The fourth-order valence-corrected chi connectivity index (χ4v) is 8.88. The molecule has 2 atom stereocenters. The molecule has 6 rings (SSSR count). The summed E-state index contributed by atoms with van der Waals surface area (Å²) in [7, 11) is 0. The largest absolute Gasteiger partial charge is 0.455 e. The summed E-state index contributed by atoms with van der Waals surface area (Å²) in [4.78, 5) is 17.4. The van der Waals surface area contributed by atoms with Crippen LogP contribution >= 0.6 is 11.6 Å². The third-order valence-electron chi connectivity index (χ3n) is 8.48. The van der Waals surface area contributed by atoms with Crippen molar-refractivity contribution in [1.29, 1.82) is 0 Å². The topological polar surface area (TPSA) is 86.5 Å². The highest BCUT2D eigenvalue weighted by atomic mass is 35.5. The van der Waals surface area contributed by atoms with Crippen LogP contribution in [0.15, 0.2) is 18.3 Å². The highest BCUT2D eigenvalue weighted by Gasteiger charge is 2.66. The van der Waals surface area contributed by atoms with Crippen LogP contribution in [0.4, 0.5) is 0 Å². The Morgan fingerprint density at radius 2 is 1.76 bits per heavy atom. The van der Waals surface area contributed by atoms with Gasteiger partial charge in [0.2, 0.25) is 0 Å². The second kappa shape index (κ2) is 8.78. The Labute approximate surface area is 224 Å². The van der Waals surface area contributed by atoms with E-state index in [9.17, 15) is 9.90 Å². The van der Waals surface area contributed by atoms with Gasteiger partial charge in [-0.05, 0) is 94.6 Å². The number of ether oxygens (including phenoxy) is 2. The van der Waals surface area contributed by atoms with Gasteiger partial charge in [0.25, 0.3) is 0 Å². The predicted octanol–water partition coefficient (Wildman–Crippen LogP) is 5.99. The average Bonchev–Trinajstić information content (AvgIpc) is 3.08. The molecule has 4 aliphatic rings. The van der Waals surface area contributed by atoms with Crippen molar-refractivity contribution in [2.45, 2.75) is 97.8 Å². The van der Waals surface area contributed by atoms with Crippen LogP contribution in [0.25, 0.3) is 11.1 Å². The molecule has 4 fully saturated rings. The third kappa shape index (κ3) is 5.07. The summed E-state index contributed by atoms with van der Waals surface area (Å²) in [6.07, 6.45) is 8.49. The zero-order valence-corrected chi connectivity index (χ0v) is 23.7. The minimum atomic E-state index is -0.643. The average molecular weight is 530 g/mol. The molecule has 4 bridgehead atoms. The highest BCUT2D eigenvalue weighted by molar-refractivity contribution is 6.29. The van der Waals surface area contributed by atoms with Crippen LogP contribution in [0.2, 0.25) is 5.15 Å². The molecule has 2 unspecified atom stereocenters. The number of carbonyl (C=O) groups excluding carboxylic acids is 1. The molecule has 2 heterocycles. The molecule has 4 saturated carbocycles. The Balaban J connectivity index is 1.48. The second-order valence-electron chi connectivity index (χ2n) is 13.8. The van der Waals surface area contributed by atoms with Gasteiger partial charge in [-0.2, -0.15) is 5.10 Å². The van der Waals surface area contributed by atoms with E-state index in [2.05, 4.69) is 30.4 Å². The Bertz CT molecular complexity index is 1200. The van der Waals surface area contributed by atoms with Crippen LogP contribution in [0.3, 0.4) is 0 Å². The van der Waals surface area contributed by atoms with E-state index >= 15 is 0 Å². The first-order valence-corrected chi connectivity index (χ1v) is 13.7. The van der Waals surface area contributed by atoms with Gasteiger partial charge in [-0.3, -0.25) is 4.68 Å². The number of aromatic nitrogens is 3. The standard InChI is InChI=1S/C29H40ClN3O4/c1-19-21(20-7-8-22(30)32-23(20)24(35)37-25(2,3)4)11-31-33(19)18-28-13-26(5)12-27(6,14-28)16-29(15-26,17-28)36-10-9-34/h7-8,11,34H,9-10,12-18H2,1-6H3. The van der Waals surface area contributed by atoms with Crippen LogP contribution in [-0.2, 0) is 16.0 Å². The van der Waals surface area contributed by atoms with Crippen molar-refractivity contribution in [2.75, 3.05) is 13.2 Å². The first-order valence-electron chi connectivity index (χ1n) is 13.4. The first kappa shape index (κ1) is 26.6. The number of aliphatic hydroxyl groups is 1. The zero-order chi connectivity index (χ0) is 26.9. The number of hydrogen-bond donors (Lipinski definition) is 1. The fraction of sp³-hybridized carbons (Fsp3) is 0.690. The molecular formula is C29H40ClN3O4. The van der Waals surface area contributed by atoms with Crippen LogP contribution in [0.5, 0.6) is 0 Å². The number of aliphatic hydroxyl groups excluding tert-OH is 1. The van der Waals surface area contributed by atoms with Gasteiger partial charge in [0.05, 0.1) is 25.0 Å². The molecular weight excluding hydrogens is 490 g/mol. The molecule has 0 saturated heterocycles. The van der Waals surface area contributed by atoms with Gasteiger partial charge in [-0.25, -0.2) is 9.78 Å². The molecule has 2 aromatic rings. The molecule has 7 nitrogen and oxygen atoms in total. The number of nitrogens with zero attached hydrogens (tertiary/aromatic N) is 3. The lowest BCUT2D eigenvalue weighted by Gasteiger charge is -2.69. The van der Waals surface area contributed by atoms with E-state index in [1.165, 1.54) is 6.42 Å². The van der Waals surface area contributed by atoms with E-state index in [1.807, 2.05) is 33.0 Å². The van der Waals surface area contributed by atoms with Gasteiger partial charge >= 0.3 is 5.97 Å². The first-order chi connectivity index (χ1) is 17.2. The molecule has 0 aromatic carbocycles. The molecule has 0 radical (unpaired) electrons. The van der Waals surface area contributed by atoms with Crippen molar-refractivity contribution < 1.29 is 19.4 Å². The second-order valence-corrected chi connectivity index (χ2v) is 14.2. The van der Waals surface area contributed by atoms with Crippen LogP contribution in [-0.4, -0.2) is 50.3 Å². The van der Waals surface area contributed by atoms with E-state index in [1.54, 1.807) is 6.07 Å². The quantitative estimate of drug-likeness (QED) is 0.350. The number of halogens is 1. The summed E-state index contributed by atoms with van der Waals surface area (Å²) in [5, 5.41) is 14.6. The lowest BCUT2D eigenvalue weighted by molar-refractivity contribution is -0.250. The zero-order valence-electron chi connectivity index (χ0n) is 23.0. The number of pyridine rings is 1. The Kier molecular flexibility index (Phi) is 6.32. The molecule has 37 heavy (non-hydrogen) atoms. The van der Waals surface area contributed by atoms with E-state index in [0.29, 0.717) is 12.2 Å². The van der Waals surface area contributed by atoms with E-state index in [0.717, 1.165) is 49.9 Å². The van der Waals surface area contributed by atoms with Crippen molar-refractivity contribution >= 4 is 17.6 Å². The highest BCUT2D eigenvalue weighted by Crippen LogP contribution is 2.72. The normalized spacial score (nSPS) is 32.6. The molecule has 8 heteroatoms. The Hall–Kier alpha value is -1.96. The van der Waals surface area contributed by atoms with Crippen molar-refractivity contribution in [3.63, 3.8) is 0 Å². The van der Waals surface area contributed by atoms with E-state index in [4.69, 9.17) is 26.2 Å². The fourth-order valence-electron chi connectivity index (χ4n) is 8.74. The molecule has 202 valence electrons. The number of rotatable bonds is 7. The molecule has 0 spiro atoms. The van der Waals surface area contributed by atoms with Crippen LogP contribution in [0.1, 0.15) is 89.3 Å². The summed E-state index contributed by atoms with van der Waals surface area (Å²) in [6.45, 7) is 13.6. The number of carbonyl (C=O) groups is 1. The Morgan fingerprint density at radius 1 is 1.08 bits per heavy atom. The third-order valence-corrected chi connectivity index (χ3v) is 8.69. The summed E-state index contributed by atoms with van der Waals surface area (Å²) in [5.41, 5.74) is 2.45. The maximum atomic E-state index is 13.0. The van der Waals surface area contributed by atoms with Gasteiger partial charge in [-0.15, -0.1) is 0 Å². The lowest BCUT2D eigenvalue weighted by Crippen LogP contribution is -2.64. The van der Waals surface area contributed by atoms with Gasteiger partial charge in [0, 0.05) is 23.4 Å². The van der Waals surface area contributed by atoms with Gasteiger partial charge in [0.15, 0.2) is 5.69 Å². The van der Waals surface area contributed by atoms with Crippen LogP contribution < -0.4 is 0 Å². The molecule has 4 aliphatic carbocycles. The van der Waals surface area contributed by atoms with Gasteiger partial charge in [-0.1, -0.05) is 25.4 Å². The molecule has 0 amide bonds. The molecule has 0 aliphatic heterocycles. The summed E-state index contributed by atoms with van der Waals surface area (Å²) in [5.74, 6) is -0.498. The molecule has 2 aromatic heterocycles. The summed E-state index contributed by atoms with van der Waals surface area (Å²) >= 11 is 6.18. The smallest absolute Gasteiger partial charge is 0.358 e. The molecule has 1 N–H and O–H groups in total. The summed E-state index contributed by atoms with van der Waals surface area (Å²) in [6, 6.07) is 3.53. The minimum Gasteiger partial charge on any atom is -0.455 e. The monoisotopic (exact) mass is 529 g/mol. The van der Waals surface area contributed by atoms with Gasteiger partial charge < -0.3 is 14.6 Å². The predicted molar refractivity (Wildman–Crippen MR) is 142 cm³/mol. The van der Waals surface area contributed by atoms with Gasteiger partial charge in [0.1, 0.15) is 10.8 Å². The summed E-state index contributed by atoms with van der Waals surface area (Å²) < 4.78 is 14.2.